The van der Waals surface area contributed by atoms with Crippen molar-refractivity contribution in [3.63, 3.8) is 0 Å². The SMILES string of the molecule is CN(CCNC(=O)NC(C)(C)C)C1CC1. The molecule has 0 unspecified atom stereocenters. The van der Waals surface area contributed by atoms with E-state index >= 15 is 0 Å². The van der Waals surface area contributed by atoms with Crippen molar-refractivity contribution in [2.24, 2.45) is 0 Å². The van der Waals surface area contributed by atoms with E-state index in [0.29, 0.717) is 0 Å². The number of urea groups is 1. The highest BCUT2D eigenvalue weighted by atomic mass is 16.2. The predicted molar refractivity (Wildman–Crippen MR) is 61.9 cm³/mol. The summed E-state index contributed by atoms with van der Waals surface area (Å²) < 4.78 is 0. The van der Waals surface area contributed by atoms with Crippen molar-refractivity contribution >= 4 is 6.03 Å². The summed E-state index contributed by atoms with van der Waals surface area (Å²) in [6, 6.07) is 0.684. The molecule has 0 spiro atoms. The van der Waals surface area contributed by atoms with Crippen LogP contribution in [0.25, 0.3) is 0 Å². The van der Waals surface area contributed by atoms with E-state index in [1.165, 1.54) is 12.8 Å². The minimum Gasteiger partial charge on any atom is -0.337 e. The number of hydrogen-bond acceptors (Lipinski definition) is 2. The van der Waals surface area contributed by atoms with Gasteiger partial charge in [0.05, 0.1) is 0 Å². The van der Waals surface area contributed by atoms with Crippen molar-refractivity contribution in [3.05, 3.63) is 0 Å². The molecule has 4 heteroatoms. The number of rotatable bonds is 4. The molecule has 0 heterocycles. The lowest BCUT2D eigenvalue weighted by Gasteiger charge is -2.21. The van der Waals surface area contributed by atoms with Gasteiger partial charge in [0.15, 0.2) is 0 Å². The van der Waals surface area contributed by atoms with Crippen molar-refractivity contribution in [1.29, 1.82) is 0 Å². The minimum absolute atomic E-state index is 0.0771. The molecule has 0 bridgehead atoms. The number of nitrogens with zero attached hydrogens (tertiary/aromatic N) is 1. The fourth-order valence-corrected chi connectivity index (χ4v) is 1.43. The lowest BCUT2D eigenvalue weighted by molar-refractivity contribution is 0.229. The van der Waals surface area contributed by atoms with Crippen molar-refractivity contribution < 1.29 is 4.79 Å². The van der Waals surface area contributed by atoms with Gasteiger partial charge in [-0.15, -0.1) is 0 Å². The number of nitrogens with one attached hydrogen (secondary N) is 2. The second-order valence-electron chi connectivity index (χ2n) is 5.34. The zero-order valence-electron chi connectivity index (χ0n) is 10.3. The van der Waals surface area contributed by atoms with Gasteiger partial charge in [0.1, 0.15) is 0 Å². The van der Waals surface area contributed by atoms with Crippen LogP contribution in [0.4, 0.5) is 4.79 Å². The molecule has 0 aromatic carbocycles. The van der Waals surface area contributed by atoms with Crippen LogP contribution >= 0.6 is 0 Å². The van der Waals surface area contributed by atoms with E-state index in [2.05, 4.69) is 22.6 Å². The van der Waals surface area contributed by atoms with Crippen LogP contribution in [0.5, 0.6) is 0 Å². The summed E-state index contributed by atoms with van der Waals surface area (Å²) in [5.41, 5.74) is -0.160. The monoisotopic (exact) mass is 213 g/mol. The van der Waals surface area contributed by atoms with Crippen LogP contribution in [0.3, 0.4) is 0 Å². The van der Waals surface area contributed by atoms with Crippen molar-refractivity contribution in [3.8, 4) is 0 Å². The van der Waals surface area contributed by atoms with E-state index in [9.17, 15) is 4.79 Å². The summed E-state index contributed by atoms with van der Waals surface area (Å²) in [6.45, 7) is 7.58. The smallest absolute Gasteiger partial charge is 0.315 e. The summed E-state index contributed by atoms with van der Waals surface area (Å²) in [5.74, 6) is 0. The van der Waals surface area contributed by atoms with Crippen LogP contribution in [0.1, 0.15) is 33.6 Å². The molecule has 2 N–H and O–H groups in total. The molecule has 0 saturated heterocycles. The Labute approximate surface area is 92.4 Å². The first-order chi connectivity index (χ1) is 6.88. The van der Waals surface area contributed by atoms with Crippen LogP contribution in [-0.4, -0.2) is 42.6 Å². The molecule has 1 saturated carbocycles. The van der Waals surface area contributed by atoms with Gasteiger partial charge in [-0.05, 0) is 40.7 Å². The number of likely N-dealkylation sites (N-methyl/N-ethyl adjacent to an activating group) is 1. The second-order valence-corrected chi connectivity index (χ2v) is 5.34. The molecule has 0 aromatic heterocycles. The summed E-state index contributed by atoms with van der Waals surface area (Å²) in [4.78, 5) is 13.7. The number of carbonyl (C=O) groups is 1. The highest BCUT2D eigenvalue weighted by Gasteiger charge is 2.25. The Kier molecular flexibility index (Phi) is 3.97. The average Bonchev–Trinajstić information content (AvgIpc) is 2.81. The summed E-state index contributed by atoms with van der Waals surface area (Å²) in [5, 5.41) is 5.73. The highest BCUT2D eigenvalue weighted by molar-refractivity contribution is 5.74. The molecule has 1 fully saturated rings. The van der Waals surface area contributed by atoms with Gasteiger partial charge in [-0.3, -0.25) is 0 Å². The third-order valence-corrected chi connectivity index (χ3v) is 2.41. The molecular formula is C11H23N3O. The Balaban J connectivity index is 2.06. The maximum absolute atomic E-state index is 11.4. The Bertz CT molecular complexity index is 218. The molecular weight excluding hydrogens is 190 g/mol. The normalized spacial score (nSPS) is 16.6. The second kappa shape index (κ2) is 4.84. The average molecular weight is 213 g/mol. The first kappa shape index (κ1) is 12.3. The standard InChI is InChI=1S/C11H23N3O/c1-11(2,3)13-10(15)12-7-8-14(4)9-5-6-9/h9H,5-8H2,1-4H3,(H2,12,13,15). The molecule has 15 heavy (non-hydrogen) atoms. The first-order valence-electron chi connectivity index (χ1n) is 5.65. The fourth-order valence-electron chi connectivity index (χ4n) is 1.43. The largest absolute Gasteiger partial charge is 0.337 e. The molecule has 1 aliphatic carbocycles. The summed E-state index contributed by atoms with van der Waals surface area (Å²) in [6.07, 6.45) is 2.62. The Morgan fingerprint density at radius 3 is 2.47 bits per heavy atom. The van der Waals surface area contributed by atoms with Gasteiger partial charge < -0.3 is 15.5 Å². The molecule has 1 rings (SSSR count). The fraction of sp³-hybridized carbons (Fsp3) is 0.909. The lowest BCUT2D eigenvalue weighted by atomic mass is 10.1. The van der Waals surface area contributed by atoms with Crippen LogP contribution < -0.4 is 10.6 Å². The van der Waals surface area contributed by atoms with E-state index in [1.807, 2.05) is 20.8 Å². The highest BCUT2D eigenvalue weighted by Crippen LogP contribution is 2.24. The van der Waals surface area contributed by atoms with Crippen molar-refractivity contribution in [1.82, 2.24) is 15.5 Å². The number of hydrogen-bond donors (Lipinski definition) is 2. The van der Waals surface area contributed by atoms with Gasteiger partial charge in [0.2, 0.25) is 0 Å². The quantitative estimate of drug-likeness (QED) is 0.736. The van der Waals surface area contributed by atoms with E-state index in [0.717, 1.165) is 19.1 Å². The topological polar surface area (TPSA) is 44.4 Å². The number of amides is 2. The van der Waals surface area contributed by atoms with Crippen LogP contribution in [0.2, 0.25) is 0 Å². The summed E-state index contributed by atoms with van der Waals surface area (Å²) in [7, 11) is 2.11. The predicted octanol–water partition coefficient (Wildman–Crippen LogP) is 1.18. The Hall–Kier alpha value is -0.770. The van der Waals surface area contributed by atoms with E-state index < -0.39 is 0 Å². The zero-order valence-corrected chi connectivity index (χ0v) is 10.3. The summed E-state index contributed by atoms with van der Waals surface area (Å²) >= 11 is 0. The zero-order chi connectivity index (χ0) is 11.5. The molecule has 0 aliphatic heterocycles. The van der Waals surface area contributed by atoms with E-state index in [-0.39, 0.29) is 11.6 Å². The van der Waals surface area contributed by atoms with Crippen LogP contribution in [0.15, 0.2) is 0 Å². The first-order valence-corrected chi connectivity index (χ1v) is 5.65. The molecule has 2 amide bonds. The molecule has 0 atom stereocenters. The van der Waals surface area contributed by atoms with Gasteiger partial charge in [0, 0.05) is 24.7 Å². The lowest BCUT2D eigenvalue weighted by Crippen LogP contribution is -2.47. The van der Waals surface area contributed by atoms with E-state index in [4.69, 9.17) is 0 Å². The molecule has 0 aromatic rings. The van der Waals surface area contributed by atoms with Crippen LogP contribution in [-0.2, 0) is 0 Å². The van der Waals surface area contributed by atoms with Crippen molar-refractivity contribution in [2.45, 2.75) is 45.2 Å². The van der Waals surface area contributed by atoms with Gasteiger partial charge >= 0.3 is 6.03 Å². The van der Waals surface area contributed by atoms with E-state index in [1.54, 1.807) is 0 Å². The molecule has 88 valence electrons. The minimum atomic E-state index is -0.160. The van der Waals surface area contributed by atoms with Gasteiger partial charge in [-0.2, -0.15) is 0 Å². The van der Waals surface area contributed by atoms with Crippen LogP contribution in [0, 0.1) is 0 Å². The third kappa shape index (κ3) is 5.62. The third-order valence-electron chi connectivity index (χ3n) is 2.41. The molecule has 4 nitrogen and oxygen atoms in total. The van der Waals surface area contributed by atoms with Gasteiger partial charge in [-0.25, -0.2) is 4.79 Å². The van der Waals surface area contributed by atoms with Gasteiger partial charge in [0.25, 0.3) is 0 Å². The maximum atomic E-state index is 11.4. The molecule has 1 aliphatic rings. The maximum Gasteiger partial charge on any atom is 0.315 e. The Morgan fingerprint density at radius 1 is 1.40 bits per heavy atom. The Morgan fingerprint density at radius 2 is 2.00 bits per heavy atom. The van der Waals surface area contributed by atoms with Crippen molar-refractivity contribution in [2.75, 3.05) is 20.1 Å². The molecule has 0 radical (unpaired) electrons. The van der Waals surface area contributed by atoms with Gasteiger partial charge in [-0.1, -0.05) is 0 Å². The number of carbonyl (C=O) groups excluding carboxylic acids is 1.